The van der Waals surface area contributed by atoms with Crippen LogP contribution in [0.15, 0.2) is 37.8 Å². The molecule has 0 radical (unpaired) electrons. The minimum atomic E-state index is -2.93. The predicted molar refractivity (Wildman–Crippen MR) is 130 cm³/mol. The van der Waals surface area contributed by atoms with Gasteiger partial charge >= 0.3 is 191 Å². The summed E-state index contributed by atoms with van der Waals surface area (Å²) < 4.78 is 7.76. The fraction of sp³-hybridized carbons (Fsp3) is 0.586. The predicted octanol–water partition coefficient (Wildman–Crippen LogP) is 8.99. The molecule has 0 saturated carbocycles. The standard InChI is InChI=1S/C17H21.C10H15.2CH3.Hf/c1-17(2,3)11-14-10-9-13-8-7-12-5-4-6-15(12)16(13)14;1-6-7(2)9(4)10(5)8(6)3;;;/h7-8H,4-6,9,11H2,1-3H3;1-5H3;2*1H3;. The van der Waals surface area contributed by atoms with Gasteiger partial charge in [0.15, 0.2) is 0 Å². The van der Waals surface area contributed by atoms with Crippen LogP contribution in [0.1, 0.15) is 90.5 Å². The first kappa shape index (κ1) is 22.5. The van der Waals surface area contributed by atoms with Gasteiger partial charge in [0, 0.05) is 0 Å². The molecule has 0 heterocycles. The van der Waals surface area contributed by atoms with Crippen LogP contribution in [-0.2, 0) is 39.2 Å². The summed E-state index contributed by atoms with van der Waals surface area (Å²) >= 11 is -2.93. The molecule has 0 spiro atoms. The molecule has 0 nitrogen and oxygen atoms in total. The van der Waals surface area contributed by atoms with Crippen molar-refractivity contribution in [2.24, 2.45) is 5.41 Å². The van der Waals surface area contributed by atoms with Crippen LogP contribution >= 0.6 is 0 Å². The van der Waals surface area contributed by atoms with Crippen molar-refractivity contribution in [1.29, 1.82) is 0 Å². The summed E-state index contributed by atoms with van der Waals surface area (Å²) in [6.07, 6.45) is 6.39. The monoisotopic (exact) mass is 570 g/mol. The Bertz CT molecular complexity index is 993. The fourth-order valence-corrected chi connectivity index (χ4v) is 22.8. The van der Waals surface area contributed by atoms with Crippen LogP contribution in [0.5, 0.6) is 0 Å². The molecule has 30 heavy (non-hydrogen) atoms. The normalized spacial score (nSPS) is 21.1. The first-order valence-electron chi connectivity index (χ1n) is 12.0. The molecule has 0 fully saturated rings. The molecule has 0 unspecified atom stereocenters. The van der Waals surface area contributed by atoms with E-state index in [1.54, 1.807) is 50.1 Å². The SMILES string of the molecule is CC1=C(C)[C](C)([Hf]([CH3])([CH3])[C]2=C(CC(C)(C)C)c3c(ccc4c3CCC4)C2)C(C)=C1C. The van der Waals surface area contributed by atoms with Gasteiger partial charge in [-0.15, -0.1) is 0 Å². The zero-order chi connectivity index (χ0) is 22.2. The van der Waals surface area contributed by atoms with Crippen LogP contribution in [0.3, 0.4) is 0 Å². The van der Waals surface area contributed by atoms with Gasteiger partial charge in [-0.2, -0.15) is 0 Å². The van der Waals surface area contributed by atoms with E-state index >= 15 is 0 Å². The molecule has 4 rings (SSSR count). The summed E-state index contributed by atoms with van der Waals surface area (Å²) in [5.41, 5.74) is 15.3. The molecule has 0 saturated heterocycles. The summed E-state index contributed by atoms with van der Waals surface area (Å²) in [5, 5.41) is 0. The summed E-state index contributed by atoms with van der Waals surface area (Å²) in [6, 6.07) is 4.96. The topological polar surface area (TPSA) is 0 Å². The molecular formula is C29H42Hf. The average Bonchev–Trinajstić information content (AvgIpc) is 3.30. The number of hydrogen-bond acceptors (Lipinski definition) is 0. The van der Waals surface area contributed by atoms with Gasteiger partial charge in [0.1, 0.15) is 0 Å². The minimum absolute atomic E-state index is 0.310. The number of aryl methyl sites for hydroxylation is 1. The van der Waals surface area contributed by atoms with E-state index in [1.807, 2.05) is 3.33 Å². The quantitative estimate of drug-likeness (QED) is 0.319. The zero-order valence-electron chi connectivity index (χ0n) is 21.2. The van der Waals surface area contributed by atoms with Crippen molar-refractivity contribution in [2.75, 3.05) is 0 Å². The fourth-order valence-electron chi connectivity index (χ4n) is 6.84. The van der Waals surface area contributed by atoms with E-state index in [-0.39, 0.29) is 0 Å². The van der Waals surface area contributed by atoms with Gasteiger partial charge in [0.2, 0.25) is 0 Å². The number of hydrogen-bond donors (Lipinski definition) is 0. The first-order chi connectivity index (χ1) is 13.8. The molecule has 0 atom stereocenters. The molecule has 1 aromatic rings. The third-order valence-electron chi connectivity index (χ3n) is 9.30. The van der Waals surface area contributed by atoms with Crippen LogP contribution in [0, 0.1) is 5.41 Å². The summed E-state index contributed by atoms with van der Waals surface area (Å²) in [7, 11) is 0. The first-order valence-corrected chi connectivity index (χ1v) is 22.8. The summed E-state index contributed by atoms with van der Waals surface area (Å²) in [5.74, 6) is 0. The number of rotatable bonds is 3. The van der Waals surface area contributed by atoms with Gasteiger partial charge in [0.25, 0.3) is 0 Å². The van der Waals surface area contributed by atoms with Crippen molar-refractivity contribution in [3.8, 4) is 0 Å². The van der Waals surface area contributed by atoms with Crippen molar-refractivity contribution in [3.05, 3.63) is 60.0 Å². The van der Waals surface area contributed by atoms with Crippen LogP contribution in [0.4, 0.5) is 0 Å². The second-order valence-electron chi connectivity index (χ2n) is 12.2. The Morgan fingerprint density at radius 1 is 0.900 bits per heavy atom. The average molecular weight is 569 g/mol. The maximum absolute atomic E-state index is 2.93. The number of fused-ring (bicyclic) bond motifs is 3. The molecule has 0 aromatic heterocycles. The molecule has 162 valence electrons. The van der Waals surface area contributed by atoms with Crippen LogP contribution in [0.25, 0.3) is 5.57 Å². The second kappa shape index (κ2) is 7.16. The molecule has 1 aromatic carbocycles. The Balaban J connectivity index is 1.95. The third kappa shape index (κ3) is 3.08. The van der Waals surface area contributed by atoms with Gasteiger partial charge in [-0.25, -0.2) is 0 Å². The van der Waals surface area contributed by atoms with Crippen molar-refractivity contribution >= 4 is 5.57 Å². The molecular weight excluding hydrogens is 527 g/mol. The molecule has 3 aliphatic carbocycles. The second-order valence-corrected chi connectivity index (χ2v) is 29.6. The van der Waals surface area contributed by atoms with Gasteiger partial charge in [-0.1, -0.05) is 0 Å². The molecule has 0 amide bonds. The summed E-state index contributed by atoms with van der Waals surface area (Å²) in [6.45, 7) is 19.5. The molecule has 0 bridgehead atoms. The molecule has 3 aliphatic rings. The van der Waals surface area contributed by atoms with E-state index in [4.69, 9.17) is 0 Å². The van der Waals surface area contributed by atoms with Crippen molar-refractivity contribution in [2.45, 2.75) is 100 Å². The van der Waals surface area contributed by atoms with E-state index in [0.29, 0.717) is 8.59 Å². The van der Waals surface area contributed by atoms with Gasteiger partial charge in [-0.05, 0) is 0 Å². The van der Waals surface area contributed by atoms with Crippen molar-refractivity contribution in [1.82, 2.24) is 0 Å². The van der Waals surface area contributed by atoms with Crippen molar-refractivity contribution in [3.63, 3.8) is 0 Å². The van der Waals surface area contributed by atoms with Crippen LogP contribution < -0.4 is 0 Å². The van der Waals surface area contributed by atoms with E-state index in [1.165, 1.54) is 32.1 Å². The van der Waals surface area contributed by atoms with E-state index in [2.05, 4.69) is 76.9 Å². The number of benzene rings is 1. The Kier molecular flexibility index (Phi) is 5.37. The zero-order valence-corrected chi connectivity index (χ0v) is 24.8. The Morgan fingerprint density at radius 2 is 1.47 bits per heavy atom. The maximum atomic E-state index is 2.76. The molecule has 0 aliphatic heterocycles. The van der Waals surface area contributed by atoms with Crippen LogP contribution in [0.2, 0.25) is 12.5 Å². The molecule has 1 heteroatoms. The van der Waals surface area contributed by atoms with E-state index in [0.717, 1.165) is 0 Å². The van der Waals surface area contributed by atoms with Gasteiger partial charge in [-0.3, -0.25) is 0 Å². The molecule has 0 N–H and O–H groups in total. The third-order valence-corrected chi connectivity index (χ3v) is 28.1. The van der Waals surface area contributed by atoms with Crippen molar-refractivity contribution < 1.29 is 20.0 Å². The summed E-state index contributed by atoms with van der Waals surface area (Å²) in [4.78, 5) is 0. The Morgan fingerprint density at radius 3 is 2.03 bits per heavy atom. The van der Waals surface area contributed by atoms with Gasteiger partial charge < -0.3 is 0 Å². The Labute approximate surface area is 190 Å². The van der Waals surface area contributed by atoms with E-state index in [9.17, 15) is 0 Å². The number of allylic oxidation sites excluding steroid dienone is 6. The van der Waals surface area contributed by atoms with Crippen LogP contribution in [-0.4, -0.2) is 0 Å². The van der Waals surface area contributed by atoms with E-state index < -0.39 is 20.0 Å². The van der Waals surface area contributed by atoms with Gasteiger partial charge in [0.05, 0.1) is 0 Å². The Hall–Kier alpha value is -0.690.